The van der Waals surface area contributed by atoms with Crippen LogP contribution >= 0.6 is 11.6 Å². The SMILES string of the molecule is NC1=NC2(CO1)c1cc(-c3cncc(Cl)c3)ccc1OC1CCC(F)CC12. The lowest BCUT2D eigenvalue weighted by molar-refractivity contribution is -0.0160. The van der Waals surface area contributed by atoms with Crippen LogP contribution in [0.4, 0.5) is 4.39 Å². The highest BCUT2D eigenvalue weighted by Gasteiger charge is 2.55. The topological polar surface area (TPSA) is 69.7 Å². The molecule has 27 heavy (non-hydrogen) atoms. The van der Waals surface area contributed by atoms with Crippen LogP contribution in [0.1, 0.15) is 24.8 Å². The molecular weight excluding hydrogens is 369 g/mol. The highest BCUT2D eigenvalue weighted by Crippen LogP contribution is 2.53. The van der Waals surface area contributed by atoms with Gasteiger partial charge in [0.05, 0.1) is 5.02 Å². The summed E-state index contributed by atoms with van der Waals surface area (Å²) < 4.78 is 26.1. The van der Waals surface area contributed by atoms with Gasteiger partial charge in [-0.15, -0.1) is 0 Å². The minimum absolute atomic E-state index is 0.0820. The van der Waals surface area contributed by atoms with Crippen molar-refractivity contribution >= 4 is 17.6 Å². The Labute approximate surface area is 161 Å². The van der Waals surface area contributed by atoms with Crippen molar-refractivity contribution in [3.05, 3.63) is 47.2 Å². The second-order valence-electron chi connectivity index (χ2n) is 7.44. The zero-order valence-electron chi connectivity index (χ0n) is 14.6. The van der Waals surface area contributed by atoms with E-state index in [-0.39, 0.29) is 18.0 Å². The molecule has 2 aliphatic heterocycles. The average molecular weight is 388 g/mol. The number of rotatable bonds is 1. The maximum absolute atomic E-state index is 14.3. The van der Waals surface area contributed by atoms with Crippen LogP contribution < -0.4 is 10.5 Å². The summed E-state index contributed by atoms with van der Waals surface area (Å²) in [7, 11) is 0. The number of nitrogens with zero attached hydrogens (tertiary/aromatic N) is 2. The average Bonchev–Trinajstić information content (AvgIpc) is 3.05. The van der Waals surface area contributed by atoms with Crippen molar-refractivity contribution in [1.29, 1.82) is 0 Å². The maximum atomic E-state index is 14.3. The van der Waals surface area contributed by atoms with Crippen molar-refractivity contribution in [2.24, 2.45) is 16.6 Å². The molecule has 1 aromatic heterocycles. The fourth-order valence-electron chi connectivity index (χ4n) is 4.59. The third-order valence-electron chi connectivity index (χ3n) is 5.85. The van der Waals surface area contributed by atoms with Crippen molar-refractivity contribution in [1.82, 2.24) is 4.98 Å². The Bertz CT molecular complexity index is 937. The Morgan fingerprint density at radius 3 is 2.85 bits per heavy atom. The number of aromatic nitrogens is 1. The van der Waals surface area contributed by atoms with Crippen LogP contribution in [0.3, 0.4) is 0 Å². The van der Waals surface area contributed by atoms with E-state index < -0.39 is 11.7 Å². The molecule has 0 amide bonds. The summed E-state index contributed by atoms with van der Waals surface area (Å²) in [5.41, 5.74) is 7.90. The third kappa shape index (κ3) is 2.65. The van der Waals surface area contributed by atoms with Crippen LogP contribution in [0.25, 0.3) is 11.1 Å². The van der Waals surface area contributed by atoms with Crippen LogP contribution in [0.5, 0.6) is 5.75 Å². The molecule has 1 aromatic carbocycles. The van der Waals surface area contributed by atoms with Crippen molar-refractivity contribution in [3.8, 4) is 16.9 Å². The van der Waals surface area contributed by atoms with Gasteiger partial charge in [0, 0.05) is 29.4 Å². The molecule has 1 saturated carbocycles. The highest BCUT2D eigenvalue weighted by molar-refractivity contribution is 6.30. The summed E-state index contributed by atoms with van der Waals surface area (Å²) in [6, 6.07) is 7.94. The van der Waals surface area contributed by atoms with E-state index in [9.17, 15) is 4.39 Å². The van der Waals surface area contributed by atoms with Gasteiger partial charge in [0.25, 0.3) is 6.02 Å². The molecule has 1 spiro atoms. The van der Waals surface area contributed by atoms with E-state index >= 15 is 0 Å². The standard InChI is InChI=1S/C20H19ClFN3O2/c21-13-5-12(8-24-9-13)11-1-3-17-15(6-11)20(10-26-19(23)25-20)16-7-14(22)2-4-18(16)27-17/h1,3,5-6,8-9,14,16,18H,2,4,7,10H2,(H2,23,25). The zero-order valence-corrected chi connectivity index (χ0v) is 15.3. The Kier molecular flexibility index (Phi) is 3.79. The van der Waals surface area contributed by atoms with Gasteiger partial charge in [0.2, 0.25) is 0 Å². The number of alkyl halides is 1. The van der Waals surface area contributed by atoms with Crippen LogP contribution in [0.2, 0.25) is 5.02 Å². The summed E-state index contributed by atoms with van der Waals surface area (Å²) in [5, 5.41) is 0.565. The number of fused-ring (bicyclic) bond motifs is 4. The predicted molar refractivity (Wildman–Crippen MR) is 101 cm³/mol. The van der Waals surface area contributed by atoms with Crippen molar-refractivity contribution in [3.63, 3.8) is 0 Å². The molecule has 5 rings (SSSR count). The summed E-state index contributed by atoms with van der Waals surface area (Å²) in [5.74, 6) is 0.650. The van der Waals surface area contributed by atoms with Crippen LogP contribution in [-0.2, 0) is 10.3 Å². The van der Waals surface area contributed by atoms with Gasteiger partial charge in [0.1, 0.15) is 30.2 Å². The van der Waals surface area contributed by atoms with E-state index in [0.29, 0.717) is 30.9 Å². The molecule has 140 valence electrons. The number of pyridine rings is 1. The molecule has 1 aliphatic carbocycles. The Morgan fingerprint density at radius 2 is 2.07 bits per heavy atom. The monoisotopic (exact) mass is 387 g/mol. The molecule has 5 nitrogen and oxygen atoms in total. The Morgan fingerprint density at radius 1 is 1.19 bits per heavy atom. The van der Waals surface area contributed by atoms with Crippen LogP contribution in [0.15, 0.2) is 41.7 Å². The summed E-state index contributed by atoms with van der Waals surface area (Å²) >= 11 is 6.10. The largest absolute Gasteiger partial charge is 0.490 e. The van der Waals surface area contributed by atoms with Gasteiger partial charge >= 0.3 is 0 Å². The van der Waals surface area contributed by atoms with Gasteiger partial charge in [-0.3, -0.25) is 4.98 Å². The van der Waals surface area contributed by atoms with Gasteiger partial charge in [-0.1, -0.05) is 17.7 Å². The second kappa shape index (κ2) is 6.09. The van der Waals surface area contributed by atoms with Crippen molar-refractivity contribution in [2.75, 3.05) is 6.61 Å². The predicted octanol–water partition coefficient (Wildman–Crippen LogP) is 3.84. The molecule has 7 heteroatoms. The lowest BCUT2D eigenvalue weighted by Gasteiger charge is -2.46. The minimum atomic E-state index is -0.856. The van der Waals surface area contributed by atoms with E-state index in [1.807, 2.05) is 24.3 Å². The maximum Gasteiger partial charge on any atom is 0.283 e. The number of amidine groups is 1. The molecular formula is C20H19ClFN3O2. The fraction of sp³-hybridized carbons (Fsp3) is 0.400. The molecule has 1 fully saturated rings. The van der Waals surface area contributed by atoms with E-state index in [4.69, 9.17) is 26.8 Å². The number of halogens is 2. The molecule has 0 bridgehead atoms. The number of benzene rings is 1. The number of hydrogen-bond donors (Lipinski definition) is 1. The normalized spacial score (nSPS) is 31.5. The lowest BCUT2D eigenvalue weighted by Crippen LogP contribution is -2.51. The number of nitrogens with two attached hydrogens (primary N) is 1. The van der Waals surface area contributed by atoms with Crippen LogP contribution in [-0.4, -0.2) is 29.9 Å². The van der Waals surface area contributed by atoms with Gasteiger partial charge in [-0.05, 0) is 43.0 Å². The molecule has 3 aliphatic rings. The minimum Gasteiger partial charge on any atom is -0.490 e. The number of hydrogen-bond acceptors (Lipinski definition) is 5. The smallest absolute Gasteiger partial charge is 0.283 e. The Hall–Kier alpha value is -2.34. The van der Waals surface area contributed by atoms with E-state index in [2.05, 4.69) is 9.98 Å². The lowest BCUT2D eigenvalue weighted by atomic mass is 9.67. The molecule has 0 radical (unpaired) electrons. The van der Waals surface area contributed by atoms with Gasteiger partial charge in [0.15, 0.2) is 0 Å². The second-order valence-corrected chi connectivity index (χ2v) is 7.88. The molecule has 2 N–H and O–H groups in total. The molecule has 2 aromatic rings. The van der Waals surface area contributed by atoms with E-state index in [0.717, 1.165) is 22.4 Å². The summed E-state index contributed by atoms with van der Waals surface area (Å²) in [6.45, 7) is 0.306. The van der Waals surface area contributed by atoms with Crippen LogP contribution in [0, 0.1) is 5.92 Å². The fourth-order valence-corrected chi connectivity index (χ4v) is 4.77. The number of ether oxygens (including phenoxy) is 2. The number of aliphatic imine (C=N–C) groups is 1. The Balaban J connectivity index is 1.66. The molecule has 4 unspecified atom stereocenters. The third-order valence-corrected chi connectivity index (χ3v) is 6.06. The van der Waals surface area contributed by atoms with E-state index in [1.54, 1.807) is 12.4 Å². The quantitative estimate of drug-likeness (QED) is 0.807. The van der Waals surface area contributed by atoms with Gasteiger partial charge in [-0.2, -0.15) is 0 Å². The first-order chi connectivity index (χ1) is 13.0. The first-order valence-corrected chi connectivity index (χ1v) is 9.47. The highest BCUT2D eigenvalue weighted by atomic mass is 35.5. The summed E-state index contributed by atoms with van der Waals surface area (Å²) in [6.07, 6.45) is 3.99. The first kappa shape index (κ1) is 16.8. The zero-order chi connectivity index (χ0) is 18.6. The van der Waals surface area contributed by atoms with Gasteiger partial charge in [-0.25, -0.2) is 9.38 Å². The summed E-state index contributed by atoms with van der Waals surface area (Å²) in [4.78, 5) is 8.84. The first-order valence-electron chi connectivity index (χ1n) is 9.09. The van der Waals surface area contributed by atoms with Crippen molar-refractivity contribution in [2.45, 2.75) is 37.1 Å². The van der Waals surface area contributed by atoms with Crippen molar-refractivity contribution < 1.29 is 13.9 Å². The van der Waals surface area contributed by atoms with E-state index in [1.165, 1.54) is 0 Å². The molecule has 0 saturated heterocycles. The molecule has 3 heterocycles. The molecule has 4 atom stereocenters. The van der Waals surface area contributed by atoms with Gasteiger partial charge < -0.3 is 15.2 Å².